The summed E-state index contributed by atoms with van der Waals surface area (Å²) in [6.07, 6.45) is 2.09. The maximum absolute atomic E-state index is 13.0. The summed E-state index contributed by atoms with van der Waals surface area (Å²) in [5.41, 5.74) is 5.71. The smallest absolute Gasteiger partial charge is 0.276 e. The van der Waals surface area contributed by atoms with Gasteiger partial charge in [-0.25, -0.2) is 4.98 Å². The van der Waals surface area contributed by atoms with Crippen molar-refractivity contribution in [3.05, 3.63) is 22.3 Å². The Labute approximate surface area is 209 Å². The number of carbonyl (C=O) groups is 3. The summed E-state index contributed by atoms with van der Waals surface area (Å²) in [6.45, 7) is 2.85. The lowest BCUT2D eigenvalue weighted by Gasteiger charge is -2.55. The lowest BCUT2D eigenvalue weighted by molar-refractivity contribution is -0.940. The van der Waals surface area contributed by atoms with E-state index in [1.165, 1.54) is 23.8 Å². The van der Waals surface area contributed by atoms with Gasteiger partial charge in [0.15, 0.2) is 10.8 Å². The summed E-state index contributed by atoms with van der Waals surface area (Å²) in [4.78, 5) is 48.1. The van der Waals surface area contributed by atoms with Crippen molar-refractivity contribution in [2.45, 2.75) is 36.3 Å². The molecule has 5 aliphatic rings. The van der Waals surface area contributed by atoms with Crippen LogP contribution in [0.2, 0.25) is 0 Å². The Kier molecular flexibility index (Phi) is 6.02. The number of aliphatic carboxylic acids is 1. The number of aromatic nitrogens is 1. The highest BCUT2D eigenvalue weighted by Gasteiger charge is 2.55. The standard InChI is InChI=1S/C21H26N6O6S2/c1-33-25-13(12-10-35-20(22)23-12)16(28)24-14-17(29)26-15(19(30)31)11(9-34-18(14)26)8-27-5-2-21(32,3-6-27)4-7-27/h10,14,18,32H,2-9H2,1H3,(H3-,22,23,24,28,30,31)/b25-13-/t14-,18+,21?,27?/m1/s1. The normalized spacial score (nSPS) is 32.2. The first-order valence-corrected chi connectivity index (χ1v) is 13.2. The number of nitrogens with two attached hydrogens (primary N) is 1. The van der Waals surface area contributed by atoms with Gasteiger partial charge in [0.05, 0.1) is 36.9 Å². The maximum Gasteiger partial charge on any atom is 0.276 e. The molecule has 12 nitrogen and oxygen atoms in total. The SMILES string of the molecule is CO/N=C(\C(=O)N[C@@H]1C(=O)N2C(C(=O)[O-])=C(C[N+]34CCC(O)(CC3)CC4)CS[C@@H]12)c1csc(N)n1. The Bertz CT molecular complexity index is 1120. The summed E-state index contributed by atoms with van der Waals surface area (Å²) in [7, 11) is 1.28. The van der Waals surface area contributed by atoms with Gasteiger partial charge in [0.2, 0.25) is 0 Å². The minimum Gasteiger partial charge on any atom is -0.543 e. The molecule has 4 N–H and O–H groups in total. The molecule has 0 spiro atoms. The molecule has 188 valence electrons. The number of hydrogen-bond donors (Lipinski definition) is 3. The number of hydrogen-bond acceptors (Lipinski definition) is 11. The third-order valence-electron chi connectivity index (χ3n) is 7.37. The molecular formula is C21H26N6O6S2. The summed E-state index contributed by atoms with van der Waals surface area (Å²) in [6, 6.07) is -0.923. The molecule has 4 saturated heterocycles. The molecule has 0 radical (unpaired) electrons. The van der Waals surface area contributed by atoms with Crippen LogP contribution < -0.4 is 16.2 Å². The highest BCUT2D eigenvalue weighted by molar-refractivity contribution is 8.00. The number of amides is 2. The molecule has 5 aliphatic heterocycles. The number of piperidine rings is 3. The number of aliphatic hydroxyl groups is 1. The number of thioether (sulfide) groups is 1. The number of rotatable bonds is 7. The Balaban J connectivity index is 1.33. The third kappa shape index (κ3) is 4.17. The van der Waals surface area contributed by atoms with Gasteiger partial charge in [-0.1, -0.05) is 5.16 Å². The van der Waals surface area contributed by atoms with E-state index in [0.717, 1.165) is 35.5 Å². The summed E-state index contributed by atoms with van der Waals surface area (Å²) >= 11 is 2.54. The first kappa shape index (κ1) is 24.0. The molecule has 0 aromatic carbocycles. The maximum atomic E-state index is 13.0. The molecule has 2 amide bonds. The molecule has 0 aliphatic carbocycles. The number of fused-ring (bicyclic) bond motifs is 4. The average Bonchev–Trinajstić information content (AvgIpc) is 3.27. The van der Waals surface area contributed by atoms with E-state index < -0.39 is 34.8 Å². The van der Waals surface area contributed by atoms with Crippen molar-refractivity contribution < 1.29 is 33.9 Å². The zero-order chi connectivity index (χ0) is 25.0. The molecule has 6 rings (SSSR count). The van der Waals surface area contributed by atoms with E-state index in [1.54, 1.807) is 5.38 Å². The van der Waals surface area contributed by atoms with Crippen molar-refractivity contribution in [1.82, 2.24) is 15.2 Å². The van der Waals surface area contributed by atoms with Gasteiger partial charge in [-0.15, -0.1) is 23.1 Å². The van der Waals surface area contributed by atoms with Gasteiger partial charge in [-0.05, 0) is 0 Å². The number of nitrogens with zero attached hydrogens (tertiary/aromatic N) is 4. The zero-order valence-corrected chi connectivity index (χ0v) is 20.7. The van der Waals surface area contributed by atoms with Gasteiger partial charge in [0, 0.05) is 36.0 Å². The molecule has 1 aromatic rings. The summed E-state index contributed by atoms with van der Waals surface area (Å²) in [5, 5.41) is 30.2. The van der Waals surface area contributed by atoms with E-state index in [1.807, 2.05) is 0 Å². The van der Waals surface area contributed by atoms with Crippen molar-refractivity contribution in [1.29, 1.82) is 0 Å². The fraction of sp³-hybridized carbons (Fsp3) is 0.571. The largest absolute Gasteiger partial charge is 0.543 e. The lowest BCUT2D eigenvalue weighted by atomic mass is 9.81. The Morgan fingerprint density at radius 3 is 2.66 bits per heavy atom. The van der Waals surface area contributed by atoms with Crippen molar-refractivity contribution >= 4 is 51.7 Å². The van der Waals surface area contributed by atoms with E-state index in [0.29, 0.717) is 37.1 Å². The van der Waals surface area contributed by atoms with Gasteiger partial charge in [-0.3, -0.25) is 14.5 Å². The third-order valence-corrected chi connectivity index (χ3v) is 9.38. The van der Waals surface area contributed by atoms with E-state index in [9.17, 15) is 24.6 Å². The minimum absolute atomic E-state index is 0.0961. The quantitative estimate of drug-likeness (QED) is 0.162. The number of carboxylic acid groups (broad SMARTS) is 1. The molecule has 0 saturated carbocycles. The Hall–Kier alpha value is -2.68. The van der Waals surface area contributed by atoms with Crippen LogP contribution in [-0.2, 0) is 19.2 Å². The van der Waals surface area contributed by atoms with Crippen molar-refractivity contribution in [3.8, 4) is 0 Å². The van der Waals surface area contributed by atoms with Crippen LogP contribution in [0.4, 0.5) is 5.13 Å². The number of nitrogen functional groups attached to an aromatic ring is 1. The van der Waals surface area contributed by atoms with Crippen LogP contribution in [-0.4, -0.2) is 99.0 Å². The molecule has 6 heterocycles. The number of quaternary nitrogens is 1. The predicted molar refractivity (Wildman–Crippen MR) is 126 cm³/mol. The van der Waals surface area contributed by atoms with Crippen LogP contribution in [0.3, 0.4) is 0 Å². The molecule has 2 atom stereocenters. The first-order valence-electron chi connectivity index (χ1n) is 11.2. The number of carbonyl (C=O) groups excluding carboxylic acids is 3. The second-order valence-electron chi connectivity index (χ2n) is 9.44. The van der Waals surface area contributed by atoms with Gasteiger partial charge < -0.3 is 35.4 Å². The number of anilines is 1. The van der Waals surface area contributed by atoms with Crippen LogP contribution in [0.5, 0.6) is 0 Å². The van der Waals surface area contributed by atoms with Gasteiger partial charge in [-0.2, -0.15) is 0 Å². The summed E-state index contributed by atoms with van der Waals surface area (Å²) < 4.78 is 0.718. The molecule has 1 aromatic heterocycles. The molecule has 4 fully saturated rings. The molecule has 14 heteroatoms. The monoisotopic (exact) mass is 522 g/mol. The number of thiazole rings is 1. The number of nitrogens with one attached hydrogen (secondary N) is 1. The van der Waals surface area contributed by atoms with Crippen LogP contribution in [0, 0.1) is 0 Å². The predicted octanol–water partition coefficient (Wildman–Crippen LogP) is -1.77. The Morgan fingerprint density at radius 2 is 2.09 bits per heavy atom. The van der Waals surface area contributed by atoms with Gasteiger partial charge in [0.1, 0.15) is 30.8 Å². The number of β-lactam (4-membered cyclic amide) rings is 1. The van der Waals surface area contributed by atoms with Crippen molar-refractivity contribution in [2.24, 2.45) is 5.16 Å². The topological polar surface area (TPSA) is 170 Å². The number of oxime groups is 1. The summed E-state index contributed by atoms with van der Waals surface area (Å²) in [5.74, 6) is -2.18. The minimum atomic E-state index is -1.40. The molecular weight excluding hydrogens is 496 g/mol. The highest BCUT2D eigenvalue weighted by Crippen LogP contribution is 2.43. The molecule has 35 heavy (non-hydrogen) atoms. The van der Waals surface area contributed by atoms with Gasteiger partial charge in [0.25, 0.3) is 11.8 Å². The fourth-order valence-electron chi connectivity index (χ4n) is 5.38. The van der Waals surface area contributed by atoms with E-state index in [4.69, 9.17) is 10.6 Å². The first-order chi connectivity index (χ1) is 16.7. The second kappa shape index (κ2) is 8.76. The van der Waals surface area contributed by atoms with Crippen LogP contribution in [0.1, 0.15) is 25.0 Å². The van der Waals surface area contributed by atoms with E-state index in [-0.39, 0.29) is 22.2 Å². The van der Waals surface area contributed by atoms with Crippen LogP contribution >= 0.6 is 23.1 Å². The van der Waals surface area contributed by atoms with E-state index >= 15 is 0 Å². The van der Waals surface area contributed by atoms with Crippen LogP contribution in [0.15, 0.2) is 21.8 Å². The highest BCUT2D eigenvalue weighted by atomic mass is 32.2. The Morgan fingerprint density at radius 1 is 1.40 bits per heavy atom. The average molecular weight is 523 g/mol. The zero-order valence-electron chi connectivity index (χ0n) is 19.1. The van der Waals surface area contributed by atoms with Crippen molar-refractivity contribution in [2.75, 3.05) is 44.8 Å². The number of carboxylic acids is 1. The van der Waals surface area contributed by atoms with Crippen molar-refractivity contribution in [3.63, 3.8) is 0 Å². The van der Waals surface area contributed by atoms with E-state index in [2.05, 4.69) is 15.5 Å². The second-order valence-corrected chi connectivity index (χ2v) is 11.4. The van der Waals surface area contributed by atoms with Crippen LogP contribution in [0.25, 0.3) is 0 Å². The molecule has 2 bridgehead atoms. The lowest BCUT2D eigenvalue weighted by Crippen LogP contribution is -2.72. The fourth-order valence-corrected chi connectivity index (χ4v) is 7.27. The van der Waals surface area contributed by atoms with Gasteiger partial charge >= 0.3 is 0 Å². The molecule has 0 unspecified atom stereocenters.